The standard InChI is InChI=1S/C17H27NO/c1-13-8-10-14(11-9-13)15(19)18(17(5,6)7)12-16(2,3)4/h8-11H,12H2,1-7H3. The minimum Gasteiger partial charge on any atom is -0.333 e. The molecule has 0 radical (unpaired) electrons. The van der Waals surface area contributed by atoms with Crippen molar-refractivity contribution in [3.05, 3.63) is 35.4 Å². The molecule has 0 saturated carbocycles. The Morgan fingerprint density at radius 3 is 1.84 bits per heavy atom. The van der Waals surface area contributed by atoms with Gasteiger partial charge in [0, 0.05) is 17.6 Å². The number of carbonyl (C=O) groups is 1. The van der Waals surface area contributed by atoms with Crippen LogP contribution in [0.25, 0.3) is 0 Å². The molecule has 1 rings (SSSR count). The highest BCUT2D eigenvalue weighted by molar-refractivity contribution is 5.94. The first-order valence-corrected chi connectivity index (χ1v) is 6.89. The highest BCUT2D eigenvalue weighted by Crippen LogP contribution is 2.24. The first-order valence-electron chi connectivity index (χ1n) is 6.89. The molecule has 1 amide bonds. The van der Waals surface area contributed by atoms with Crippen LogP contribution >= 0.6 is 0 Å². The first kappa shape index (κ1) is 15.7. The summed E-state index contributed by atoms with van der Waals surface area (Å²) in [4.78, 5) is 14.7. The van der Waals surface area contributed by atoms with Crippen LogP contribution in [0.15, 0.2) is 24.3 Å². The van der Waals surface area contributed by atoms with Crippen molar-refractivity contribution in [2.75, 3.05) is 6.54 Å². The molecule has 0 N–H and O–H groups in total. The molecule has 0 aliphatic heterocycles. The lowest BCUT2D eigenvalue weighted by Crippen LogP contribution is -2.49. The number of nitrogens with zero attached hydrogens (tertiary/aromatic N) is 1. The Balaban J connectivity index is 3.05. The zero-order chi connectivity index (χ0) is 14.8. The largest absolute Gasteiger partial charge is 0.333 e. The number of carbonyl (C=O) groups excluding carboxylic acids is 1. The summed E-state index contributed by atoms with van der Waals surface area (Å²) in [7, 11) is 0. The molecule has 1 aromatic rings. The normalized spacial score (nSPS) is 12.4. The van der Waals surface area contributed by atoms with Crippen LogP contribution in [-0.2, 0) is 0 Å². The molecule has 19 heavy (non-hydrogen) atoms. The SMILES string of the molecule is Cc1ccc(C(=O)N(CC(C)(C)C)C(C)(C)C)cc1. The Kier molecular flexibility index (Phi) is 4.44. The summed E-state index contributed by atoms with van der Waals surface area (Å²) in [6.45, 7) is 15.5. The summed E-state index contributed by atoms with van der Waals surface area (Å²) in [6, 6.07) is 7.81. The number of aryl methyl sites for hydroxylation is 1. The summed E-state index contributed by atoms with van der Waals surface area (Å²) >= 11 is 0. The van der Waals surface area contributed by atoms with Crippen molar-refractivity contribution in [3.8, 4) is 0 Å². The predicted molar refractivity (Wildman–Crippen MR) is 81.4 cm³/mol. The Labute approximate surface area is 117 Å². The molecule has 0 fully saturated rings. The second-order valence-corrected chi connectivity index (χ2v) is 7.49. The van der Waals surface area contributed by atoms with Gasteiger partial charge in [-0.2, -0.15) is 0 Å². The molecule has 0 atom stereocenters. The summed E-state index contributed by atoms with van der Waals surface area (Å²) in [6.07, 6.45) is 0. The maximum Gasteiger partial charge on any atom is 0.254 e. The molecule has 106 valence electrons. The lowest BCUT2D eigenvalue weighted by Gasteiger charge is -2.40. The maximum absolute atomic E-state index is 12.7. The van der Waals surface area contributed by atoms with Crippen LogP contribution in [-0.4, -0.2) is 22.9 Å². The quantitative estimate of drug-likeness (QED) is 0.778. The molecule has 2 heteroatoms. The lowest BCUT2D eigenvalue weighted by molar-refractivity contribution is 0.0478. The van der Waals surface area contributed by atoms with E-state index >= 15 is 0 Å². The van der Waals surface area contributed by atoms with Gasteiger partial charge >= 0.3 is 0 Å². The molecule has 0 unspecified atom stereocenters. The van der Waals surface area contributed by atoms with E-state index in [2.05, 4.69) is 41.5 Å². The summed E-state index contributed by atoms with van der Waals surface area (Å²) in [5.41, 5.74) is 1.86. The van der Waals surface area contributed by atoms with E-state index in [-0.39, 0.29) is 16.9 Å². The average Bonchev–Trinajstić information content (AvgIpc) is 2.23. The topological polar surface area (TPSA) is 20.3 Å². The molecule has 0 aromatic heterocycles. The number of rotatable bonds is 2. The minimum atomic E-state index is -0.171. The number of amides is 1. The first-order chi connectivity index (χ1) is 8.50. The molecule has 0 aliphatic carbocycles. The number of hydrogen-bond acceptors (Lipinski definition) is 1. The smallest absolute Gasteiger partial charge is 0.254 e. The summed E-state index contributed by atoms with van der Waals surface area (Å²) in [5, 5.41) is 0. The fourth-order valence-electron chi connectivity index (χ4n) is 1.94. The van der Waals surface area contributed by atoms with Gasteiger partial charge in [-0.15, -0.1) is 0 Å². The van der Waals surface area contributed by atoms with Crippen LogP contribution in [0.5, 0.6) is 0 Å². The molecular formula is C17H27NO. The average molecular weight is 261 g/mol. The van der Waals surface area contributed by atoms with E-state index in [9.17, 15) is 4.79 Å². The molecule has 0 saturated heterocycles. The second-order valence-electron chi connectivity index (χ2n) is 7.49. The van der Waals surface area contributed by atoms with E-state index in [1.165, 1.54) is 5.56 Å². The van der Waals surface area contributed by atoms with E-state index in [0.29, 0.717) is 0 Å². The van der Waals surface area contributed by atoms with E-state index < -0.39 is 0 Å². The fraction of sp³-hybridized carbons (Fsp3) is 0.588. The third kappa shape index (κ3) is 4.70. The van der Waals surface area contributed by atoms with Crippen molar-refractivity contribution in [1.82, 2.24) is 4.90 Å². The van der Waals surface area contributed by atoms with E-state index in [1.54, 1.807) is 0 Å². The van der Waals surface area contributed by atoms with Crippen LogP contribution in [0.2, 0.25) is 0 Å². The third-order valence-electron chi connectivity index (χ3n) is 2.99. The summed E-state index contributed by atoms with van der Waals surface area (Å²) in [5.74, 6) is 0.113. The van der Waals surface area contributed by atoms with Crippen LogP contribution < -0.4 is 0 Å². The number of benzene rings is 1. The highest BCUT2D eigenvalue weighted by atomic mass is 16.2. The van der Waals surface area contributed by atoms with Gasteiger partial charge in [-0.3, -0.25) is 4.79 Å². The van der Waals surface area contributed by atoms with Gasteiger partial charge in [0.2, 0.25) is 0 Å². The summed E-state index contributed by atoms with van der Waals surface area (Å²) < 4.78 is 0. The molecule has 2 nitrogen and oxygen atoms in total. The molecule has 0 aliphatic rings. The van der Waals surface area contributed by atoms with Gasteiger partial charge in [0.05, 0.1) is 0 Å². The van der Waals surface area contributed by atoms with Crippen molar-refractivity contribution in [1.29, 1.82) is 0 Å². The Bertz CT molecular complexity index is 432. The van der Waals surface area contributed by atoms with Crippen molar-refractivity contribution in [2.45, 2.75) is 54.0 Å². The van der Waals surface area contributed by atoms with Gasteiger partial charge in [0.1, 0.15) is 0 Å². The molecule has 0 spiro atoms. The van der Waals surface area contributed by atoms with Gasteiger partial charge in [0.25, 0.3) is 5.91 Å². The highest BCUT2D eigenvalue weighted by Gasteiger charge is 2.30. The van der Waals surface area contributed by atoms with E-state index in [1.807, 2.05) is 36.1 Å². The van der Waals surface area contributed by atoms with Crippen molar-refractivity contribution in [3.63, 3.8) is 0 Å². The Morgan fingerprint density at radius 2 is 1.47 bits per heavy atom. The molecule has 0 heterocycles. The zero-order valence-corrected chi connectivity index (χ0v) is 13.4. The zero-order valence-electron chi connectivity index (χ0n) is 13.4. The molecule has 0 bridgehead atoms. The third-order valence-corrected chi connectivity index (χ3v) is 2.99. The second kappa shape index (κ2) is 5.36. The van der Waals surface area contributed by atoms with Crippen molar-refractivity contribution < 1.29 is 4.79 Å². The predicted octanol–water partition coefficient (Wildman–Crippen LogP) is 4.28. The van der Waals surface area contributed by atoms with Gasteiger partial charge in [-0.05, 0) is 45.2 Å². The van der Waals surface area contributed by atoms with Gasteiger partial charge < -0.3 is 4.90 Å². The minimum absolute atomic E-state index is 0.0909. The molecular weight excluding hydrogens is 234 g/mol. The lowest BCUT2D eigenvalue weighted by atomic mass is 9.92. The van der Waals surface area contributed by atoms with Gasteiger partial charge in [-0.25, -0.2) is 0 Å². The van der Waals surface area contributed by atoms with E-state index in [4.69, 9.17) is 0 Å². The monoisotopic (exact) mass is 261 g/mol. The van der Waals surface area contributed by atoms with Crippen LogP contribution in [0.1, 0.15) is 57.5 Å². The fourth-order valence-corrected chi connectivity index (χ4v) is 1.94. The maximum atomic E-state index is 12.7. The van der Waals surface area contributed by atoms with Crippen molar-refractivity contribution in [2.24, 2.45) is 5.41 Å². The van der Waals surface area contributed by atoms with Crippen molar-refractivity contribution >= 4 is 5.91 Å². The molecule has 1 aromatic carbocycles. The van der Waals surface area contributed by atoms with Crippen LogP contribution in [0, 0.1) is 12.3 Å². The Hall–Kier alpha value is -1.31. The Morgan fingerprint density at radius 1 is 1.00 bits per heavy atom. The van der Waals surface area contributed by atoms with Gasteiger partial charge in [-0.1, -0.05) is 38.5 Å². The number of hydrogen-bond donors (Lipinski definition) is 0. The van der Waals surface area contributed by atoms with Gasteiger partial charge in [0.15, 0.2) is 0 Å². The van der Waals surface area contributed by atoms with Crippen LogP contribution in [0.4, 0.5) is 0 Å². The van der Waals surface area contributed by atoms with Crippen LogP contribution in [0.3, 0.4) is 0 Å². The van der Waals surface area contributed by atoms with E-state index in [0.717, 1.165) is 12.1 Å².